The quantitative estimate of drug-likeness (QED) is 0.768. The number of carbonyl (C=O) groups excluding carboxylic acids is 2. The Morgan fingerprint density at radius 2 is 1.55 bits per heavy atom. The van der Waals surface area contributed by atoms with Gasteiger partial charge in [-0.05, 0) is 61.4 Å². The number of amides is 2. The minimum absolute atomic E-state index is 0.218. The van der Waals surface area contributed by atoms with Crippen LogP contribution in [0.2, 0.25) is 0 Å². The van der Waals surface area contributed by atoms with Crippen LogP contribution in [0.3, 0.4) is 0 Å². The molecule has 5 nitrogen and oxygen atoms in total. The molecule has 0 spiro atoms. The third-order valence-corrected chi connectivity index (χ3v) is 4.60. The molecule has 0 bridgehead atoms. The molecule has 9 heteroatoms. The van der Waals surface area contributed by atoms with Gasteiger partial charge >= 0.3 is 6.36 Å². The third-order valence-electron chi connectivity index (χ3n) is 4.60. The molecule has 1 aliphatic rings. The van der Waals surface area contributed by atoms with Crippen molar-refractivity contribution >= 4 is 17.5 Å². The highest BCUT2D eigenvalue weighted by atomic mass is 19.4. The monoisotopic (exact) mass is 410 g/mol. The van der Waals surface area contributed by atoms with Crippen molar-refractivity contribution < 1.29 is 31.9 Å². The van der Waals surface area contributed by atoms with E-state index in [4.69, 9.17) is 0 Å². The lowest BCUT2D eigenvalue weighted by Gasteiger charge is -2.31. The van der Waals surface area contributed by atoms with Crippen molar-refractivity contribution in [2.45, 2.75) is 19.2 Å². The average Bonchev–Trinajstić information content (AvgIpc) is 2.68. The second-order valence-corrected chi connectivity index (χ2v) is 6.63. The predicted octanol–water partition coefficient (Wildman–Crippen LogP) is 4.22. The summed E-state index contributed by atoms with van der Waals surface area (Å²) >= 11 is 0. The van der Waals surface area contributed by atoms with Gasteiger partial charge in [0.15, 0.2) is 0 Å². The molecule has 2 aromatic rings. The minimum Gasteiger partial charge on any atom is -0.406 e. The highest BCUT2D eigenvalue weighted by molar-refractivity contribution is 5.95. The number of carbonyl (C=O) groups is 2. The van der Waals surface area contributed by atoms with E-state index in [-0.39, 0.29) is 23.5 Å². The van der Waals surface area contributed by atoms with Gasteiger partial charge in [0.05, 0.1) is 0 Å². The lowest BCUT2D eigenvalue weighted by atomic mass is 9.95. The van der Waals surface area contributed by atoms with Crippen molar-refractivity contribution in [1.82, 2.24) is 4.90 Å². The second kappa shape index (κ2) is 8.50. The van der Waals surface area contributed by atoms with Crippen molar-refractivity contribution in [3.8, 4) is 5.75 Å². The van der Waals surface area contributed by atoms with Crippen LogP contribution in [0, 0.1) is 11.7 Å². The number of benzene rings is 2. The first-order valence-electron chi connectivity index (χ1n) is 8.93. The molecular formula is C20H18F4N2O3. The van der Waals surface area contributed by atoms with E-state index in [1.165, 1.54) is 36.4 Å². The van der Waals surface area contributed by atoms with Gasteiger partial charge in [0.2, 0.25) is 5.91 Å². The van der Waals surface area contributed by atoms with E-state index in [0.29, 0.717) is 37.2 Å². The van der Waals surface area contributed by atoms with Crippen molar-refractivity contribution in [3.63, 3.8) is 0 Å². The number of rotatable bonds is 4. The molecule has 1 heterocycles. The molecule has 0 radical (unpaired) electrons. The van der Waals surface area contributed by atoms with Gasteiger partial charge in [-0.2, -0.15) is 0 Å². The van der Waals surface area contributed by atoms with Gasteiger partial charge < -0.3 is 15.0 Å². The number of ether oxygens (including phenoxy) is 1. The Balaban J connectivity index is 1.51. The molecule has 0 atom stereocenters. The number of alkyl halides is 3. The normalized spacial score (nSPS) is 15.1. The summed E-state index contributed by atoms with van der Waals surface area (Å²) in [6, 6.07) is 10.2. The molecule has 1 saturated heterocycles. The van der Waals surface area contributed by atoms with Crippen molar-refractivity contribution in [3.05, 3.63) is 59.9 Å². The van der Waals surface area contributed by atoms with E-state index in [0.717, 1.165) is 12.1 Å². The summed E-state index contributed by atoms with van der Waals surface area (Å²) in [5, 5.41) is 2.66. The number of halogens is 4. The molecule has 0 aromatic heterocycles. The molecule has 1 aliphatic heterocycles. The fraction of sp³-hybridized carbons (Fsp3) is 0.300. The standard InChI is InChI=1S/C20H18F4N2O3/c21-15-3-1-14(2-4-15)19(28)26-11-9-13(10-12-26)18(27)25-16-5-7-17(8-6-16)29-20(22,23)24/h1-8,13H,9-12H2,(H,25,27). The summed E-state index contributed by atoms with van der Waals surface area (Å²) in [7, 11) is 0. The van der Waals surface area contributed by atoms with E-state index >= 15 is 0 Å². The molecule has 29 heavy (non-hydrogen) atoms. The maximum Gasteiger partial charge on any atom is 0.573 e. The fourth-order valence-corrected chi connectivity index (χ4v) is 3.10. The Morgan fingerprint density at radius 1 is 0.966 bits per heavy atom. The second-order valence-electron chi connectivity index (χ2n) is 6.63. The van der Waals surface area contributed by atoms with Crippen LogP contribution in [0.25, 0.3) is 0 Å². The lowest BCUT2D eigenvalue weighted by Crippen LogP contribution is -2.41. The van der Waals surface area contributed by atoms with Gasteiger partial charge in [-0.15, -0.1) is 13.2 Å². The van der Waals surface area contributed by atoms with E-state index in [9.17, 15) is 27.2 Å². The van der Waals surface area contributed by atoms with Crippen LogP contribution in [-0.4, -0.2) is 36.2 Å². The van der Waals surface area contributed by atoms with Gasteiger partial charge in [0.1, 0.15) is 11.6 Å². The maximum absolute atomic E-state index is 13.0. The maximum atomic E-state index is 13.0. The Hall–Kier alpha value is -3.10. The van der Waals surface area contributed by atoms with E-state index in [1.807, 2.05) is 0 Å². The summed E-state index contributed by atoms with van der Waals surface area (Å²) in [6.07, 6.45) is -3.87. The van der Waals surface area contributed by atoms with Gasteiger partial charge in [0, 0.05) is 30.3 Å². The van der Waals surface area contributed by atoms with Crippen LogP contribution in [-0.2, 0) is 4.79 Å². The first kappa shape index (κ1) is 20.6. The summed E-state index contributed by atoms with van der Waals surface area (Å²) in [4.78, 5) is 26.4. The predicted molar refractivity (Wildman–Crippen MR) is 96.8 cm³/mol. The largest absolute Gasteiger partial charge is 0.573 e. The highest BCUT2D eigenvalue weighted by Gasteiger charge is 2.31. The number of nitrogens with zero attached hydrogens (tertiary/aromatic N) is 1. The molecule has 1 fully saturated rings. The zero-order chi connectivity index (χ0) is 21.0. The van der Waals surface area contributed by atoms with Crippen LogP contribution >= 0.6 is 0 Å². The number of likely N-dealkylation sites (tertiary alicyclic amines) is 1. The average molecular weight is 410 g/mol. The number of hydrogen-bond donors (Lipinski definition) is 1. The number of hydrogen-bond acceptors (Lipinski definition) is 3. The van der Waals surface area contributed by atoms with Gasteiger partial charge in [-0.3, -0.25) is 9.59 Å². The highest BCUT2D eigenvalue weighted by Crippen LogP contribution is 2.25. The summed E-state index contributed by atoms with van der Waals surface area (Å²) in [5.41, 5.74) is 0.741. The molecule has 154 valence electrons. The zero-order valence-electron chi connectivity index (χ0n) is 15.2. The van der Waals surface area contributed by atoms with Crippen LogP contribution in [0.4, 0.5) is 23.2 Å². The van der Waals surface area contributed by atoms with Gasteiger partial charge in [0.25, 0.3) is 5.91 Å². The minimum atomic E-state index is -4.77. The summed E-state index contributed by atoms with van der Waals surface area (Å²) < 4.78 is 53.3. The van der Waals surface area contributed by atoms with Crippen LogP contribution in [0.5, 0.6) is 5.75 Å². The first-order chi connectivity index (χ1) is 13.7. The van der Waals surface area contributed by atoms with Crippen molar-refractivity contribution in [2.75, 3.05) is 18.4 Å². The third kappa shape index (κ3) is 5.69. The summed E-state index contributed by atoms with van der Waals surface area (Å²) in [6.45, 7) is 0.763. The molecule has 0 aliphatic carbocycles. The molecule has 2 aromatic carbocycles. The Morgan fingerprint density at radius 3 is 2.10 bits per heavy atom. The number of piperidine rings is 1. The molecule has 1 N–H and O–H groups in total. The SMILES string of the molecule is O=C(Nc1ccc(OC(F)(F)F)cc1)C1CCN(C(=O)c2ccc(F)cc2)CC1. The number of nitrogens with one attached hydrogen (secondary N) is 1. The first-order valence-corrected chi connectivity index (χ1v) is 8.93. The fourth-order valence-electron chi connectivity index (χ4n) is 3.10. The molecule has 3 rings (SSSR count). The molecule has 2 amide bonds. The summed E-state index contributed by atoms with van der Waals surface area (Å²) in [5.74, 6) is -1.59. The molecular weight excluding hydrogens is 392 g/mol. The number of anilines is 1. The smallest absolute Gasteiger partial charge is 0.406 e. The topological polar surface area (TPSA) is 58.6 Å². The van der Waals surface area contributed by atoms with Gasteiger partial charge in [-0.1, -0.05) is 0 Å². The van der Waals surface area contributed by atoms with Gasteiger partial charge in [-0.25, -0.2) is 4.39 Å². The lowest BCUT2D eigenvalue weighted by molar-refractivity contribution is -0.274. The Bertz CT molecular complexity index is 859. The van der Waals surface area contributed by atoms with Crippen LogP contribution in [0.1, 0.15) is 23.2 Å². The van der Waals surface area contributed by atoms with E-state index < -0.39 is 12.2 Å². The zero-order valence-corrected chi connectivity index (χ0v) is 15.2. The van der Waals surface area contributed by atoms with Crippen molar-refractivity contribution in [2.24, 2.45) is 5.92 Å². The van der Waals surface area contributed by atoms with Crippen molar-refractivity contribution in [1.29, 1.82) is 0 Å². The van der Waals surface area contributed by atoms with E-state index in [1.54, 1.807) is 4.90 Å². The van der Waals surface area contributed by atoms with Crippen LogP contribution < -0.4 is 10.1 Å². The Kier molecular flexibility index (Phi) is 6.05. The van der Waals surface area contributed by atoms with Crippen LogP contribution in [0.15, 0.2) is 48.5 Å². The van der Waals surface area contributed by atoms with E-state index in [2.05, 4.69) is 10.1 Å². The Labute approximate surface area is 164 Å². The molecule has 0 unspecified atom stereocenters. The molecule has 0 saturated carbocycles.